The summed E-state index contributed by atoms with van der Waals surface area (Å²) in [5.41, 5.74) is 2.56. The molecule has 0 aromatic rings. The second kappa shape index (κ2) is 9.28. The SMILES string of the molecule is C=C1/C(=C\C=C2/CCC[C@]3(C)[C@@H]([C@H](C)CC[C@](C)(O)CO)CC[C@@H]23)C[C@@H](O)C[C@@H]1O. The molecule has 3 saturated carbocycles. The summed E-state index contributed by atoms with van der Waals surface area (Å²) in [7, 11) is 0. The van der Waals surface area contributed by atoms with Crippen LogP contribution < -0.4 is 0 Å². The van der Waals surface area contributed by atoms with Gasteiger partial charge in [0.1, 0.15) is 0 Å². The van der Waals surface area contributed by atoms with Crippen LogP contribution >= 0.6 is 0 Å². The minimum absolute atomic E-state index is 0.180. The second-order valence-corrected chi connectivity index (χ2v) is 10.8. The average Bonchev–Trinajstić information content (AvgIpc) is 3.05. The van der Waals surface area contributed by atoms with E-state index in [1.54, 1.807) is 6.92 Å². The predicted octanol–water partition coefficient (Wildman–Crippen LogP) is 4.29. The molecule has 0 saturated heterocycles. The highest BCUT2D eigenvalue weighted by Crippen LogP contribution is 2.60. The lowest BCUT2D eigenvalue weighted by atomic mass is 9.60. The van der Waals surface area contributed by atoms with Crippen molar-refractivity contribution in [3.63, 3.8) is 0 Å². The Morgan fingerprint density at radius 2 is 2.00 bits per heavy atom. The van der Waals surface area contributed by atoms with Gasteiger partial charge in [-0.05, 0) is 92.6 Å². The Hall–Kier alpha value is -0.940. The van der Waals surface area contributed by atoms with Gasteiger partial charge in [0, 0.05) is 6.42 Å². The Morgan fingerprint density at radius 3 is 2.70 bits per heavy atom. The first kappa shape index (κ1) is 23.7. The zero-order chi connectivity index (χ0) is 22.1. The molecule has 0 unspecified atom stereocenters. The Labute approximate surface area is 182 Å². The number of hydrogen-bond acceptors (Lipinski definition) is 4. The Morgan fingerprint density at radius 1 is 1.27 bits per heavy atom. The molecule has 0 amide bonds. The van der Waals surface area contributed by atoms with Crippen LogP contribution in [-0.4, -0.2) is 44.8 Å². The van der Waals surface area contributed by atoms with Gasteiger partial charge in [0.05, 0.1) is 24.4 Å². The molecule has 3 rings (SSSR count). The molecule has 4 nitrogen and oxygen atoms in total. The van der Waals surface area contributed by atoms with Crippen molar-refractivity contribution in [2.75, 3.05) is 6.61 Å². The highest BCUT2D eigenvalue weighted by molar-refractivity contribution is 5.38. The molecule has 0 heterocycles. The van der Waals surface area contributed by atoms with Crippen LogP contribution in [0.25, 0.3) is 0 Å². The normalized spacial score (nSPS) is 40.4. The zero-order valence-corrected chi connectivity index (χ0v) is 19.1. The largest absolute Gasteiger partial charge is 0.393 e. The van der Waals surface area contributed by atoms with Crippen LogP contribution in [-0.2, 0) is 0 Å². The van der Waals surface area contributed by atoms with Crippen LogP contribution in [0.3, 0.4) is 0 Å². The molecule has 30 heavy (non-hydrogen) atoms. The number of fused-ring (bicyclic) bond motifs is 1. The molecule has 3 aliphatic rings. The minimum Gasteiger partial charge on any atom is -0.393 e. The van der Waals surface area contributed by atoms with Crippen molar-refractivity contribution in [1.29, 1.82) is 0 Å². The van der Waals surface area contributed by atoms with Crippen molar-refractivity contribution in [3.05, 3.63) is 35.5 Å². The molecular weight excluding hydrogens is 376 g/mol. The third kappa shape index (κ3) is 4.93. The third-order valence-corrected chi connectivity index (χ3v) is 8.47. The number of rotatable bonds is 6. The van der Waals surface area contributed by atoms with Gasteiger partial charge in [-0.1, -0.05) is 38.2 Å². The van der Waals surface area contributed by atoms with Gasteiger partial charge in [-0.2, -0.15) is 0 Å². The molecule has 4 N–H and O–H groups in total. The maximum absolute atomic E-state index is 10.2. The van der Waals surface area contributed by atoms with Crippen LogP contribution in [0, 0.1) is 23.2 Å². The molecule has 170 valence electrons. The number of hydrogen-bond donors (Lipinski definition) is 4. The van der Waals surface area contributed by atoms with Crippen LogP contribution in [0.5, 0.6) is 0 Å². The molecule has 0 spiro atoms. The second-order valence-electron chi connectivity index (χ2n) is 10.8. The molecular formula is C26H42O4. The van der Waals surface area contributed by atoms with E-state index in [-0.39, 0.29) is 12.0 Å². The van der Waals surface area contributed by atoms with Gasteiger partial charge in [-0.3, -0.25) is 0 Å². The summed E-state index contributed by atoms with van der Waals surface area (Å²) in [6.07, 6.45) is 11.8. The van der Waals surface area contributed by atoms with Gasteiger partial charge in [-0.15, -0.1) is 0 Å². The van der Waals surface area contributed by atoms with E-state index < -0.39 is 17.8 Å². The summed E-state index contributed by atoms with van der Waals surface area (Å²) in [5.74, 6) is 1.75. The average molecular weight is 419 g/mol. The van der Waals surface area contributed by atoms with E-state index in [1.807, 2.05) is 0 Å². The van der Waals surface area contributed by atoms with E-state index in [2.05, 4.69) is 32.6 Å². The molecule has 0 aromatic heterocycles. The first-order valence-electron chi connectivity index (χ1n) is 11.9. The highest BCUT2D eigenvalue weighted by Gasteiger charge is 2.50. The summed E-state index contributed by atoms with van der Waals surface area (Å²) < 4.78 is 0. The van der Waals surface area contributed by atoms with E-state index in [0.717, 1.165) is 24.0 Å². The lowest BCUT2D eigenvalue weighted by Gasteiger charge is -2.44. The van der Waals surface area contributed by atoms with E-state index in [4.69, 9.17) is 0 Å². The first-order valence-corrected chi connectivity index (χ1v) is 11.9. The van der Waals surface area contributed by atoms with Crippen LogP contribution in [0.2, 0.25) is 0 Å². The van der Waals surface area contributed by atoms with E-state index in [9.17, 15) is 20.4 Å². The lowest BCUT2D eigenvalue weighted by Crippen LogP contribution is -2.37. The molecule has 4 heteroatoms. The smallest absolute Gasteiger partial charge is 0.0849 e. The Bertz CT molecular complexity index is 691. The van der Waals surface area contributed by atoms with Crippen molar-refractivity contribution >= 4 is 0 Å². The van der Waals surface area contributed by atoms with Crippen LogP contribution in [0.1, 0.15) is 78.6 Å². The monoisotopic (exact) mass is 418 g/mol. The summed E-state index contributed by atoms with van der Waals surface area (Å²) in [4.78, 5) is 0. The minimum atomic E-state index is -0.978. The summed E-state index contributed by atoms with van der Waals surface area (Å²) in [6, 6.07) is 0. The van der Waals surface area contributed by atoms with E-state index in [1.165, 1.54) is 31.3 Å². The summed E-state index contributed by atoms with van der Waals surface area (Å²) in [6.45, 7) is 10.4. The van der Waals surface area contributed by atoms with Gasteiger partial charge in [0.15, 0.2) is 0 Å². The van der Waals surface area contributed by atoms with Crippen molar-refractivity contribution < 1.29 is 20.4 Å². The molecule has 3 fully saturated rings. The summed E-state index contributed by atoms with van der Waals surface area (Å²) in [5, 5.41) is 39.7. The summed E-state index contributed by atoms with van der Waals surface area (Å²) >= 11 is 0. The predicted molar refractivity (Wildman–Crippen MR) is 121 cm³/mol. The van der Waals surface area contributed by atoms with Gasteiger partial charge >= 0.3 is 0 Å². The maximum Gasteiger partial charge on any atom is 0.0849 e. The quantitative estimate of drug-likeness (QED) is 0.519. The van der Waals surface area contributed by atoms with Crippen molar-refractivity contribution in [1.82, 2.24) is 0 Å². The fourth-order valence-corrected chi connectivity index (χ4v) is 6.50. The van der Waals surface area contributed by atoms with Crippen LogP contribution in [0.15, 0.2) is 35.5 Å². The highest BCUT2D eigenvalue weighted by atomic mass is 16.3. The number of aliphatic hydroxyl groups excluding tert-OH is 3. The Balaban J connectivity index is 1.73. The molecule has 0 aliphatic heterocycles. The van der Waals surface area contributed by atoms with Gasteiger partial charge in [-0.25, -0.2) is 0 Å². The van der Waals surface area contributed by atoms with Crippen LogP contribution in [0.4, 0.5) is 0 Å². The standard InChI is InChI=1S/C26H42O4/c1-17(11-13-25(3,30)16-27)22-9-10-23-19(6-5-12-26(22,23)4)7-8-20-14-21(28)15-24(29)18(20)2/h7-8,17,21-24,27-30H,2,5-6,9-16H2,1,3-4H3/b19-7+,20-8-/t17-,21-,22-,23+,24+,25+,26-/m1/s1. The lowest BCUT2D eigenvalue weighted by molar-refractivity contribution is -0.0145. The van der Waals surface area contributed by atoms with Crippen molar-refractivity contribution in [2.24, 2.45) is 23.2 Å². The zero-order valence-electron chi connectivity index (χ0n) is 19.1. The Kier molecular flexibility index (Phi) is 7.33. The van der Waals surface area contributed by atoms with Gasteiger partial charge < -0.3 is 20.4 Å². The number of allylic oxidation sites excluding steroid dienone is 3. The van der Waals surface area contributed by atoms with E-state index in [0.29, 0.717) is 37.0 Å². The molecule has 0 radical (unpaired) electrons. The topological polar surface area (TPSA) is 80.9 Å². The molecule has 0 bridgehead atoms. The molecule has 7 atom stereocenters. The van der Waals surface area contributed by atoms with Crippen molar-refractivity contribution in [2.45, 2.75) is 96.4 Å². The molecule has 3 aliphatic carbocycles. The fraction of sp³-hybridized carbons (Fsp3) is 0.769. The maximum atomic E-state index is 10.2. The third-order valence-electron chi connectivity index (χ3n) is 8.47. The van der Waals surface area contributed by atoms with Gasteiger partial charge in [0.2, 0.25) is 0 Å². The first-order chi connectivity index (χ1) is 14.1. The molecule has 0 aromatic carbocycles. The van der Waals surface area contributed by atoms with Crippen molar-refractivity contribution in [3.8, 4) is 0 Å². The number of aliphatic hydroxyl groups is 4. The fourth-order valence-electron chi connectivity index (χ4n) is 6.50. The van der Waals surface area contributed by atoms with E-state index >= 15 is 0 Å². The van der Waals surface area contributed by atoms with Gasteiger partial charge in [0.25, 0.3) is 0 Å².